The Morgan fingerprint density at radius 3 is 2.55 bits per heavy atom. The molecule has 1 aliphatic carbocycles. The molecule has 104 valence electrons. The largest absolute Gasteiger partial charge is 0.383 e. The Bertz CT molecular complexity index is 576. The number of nitrogens with zero attached hydrogens (tertiary/aromatic N) is 1. The van der Waals surface area contributed by atoms with Crippen LogP contribution in [0.15, 0.2) is 48.7 Å². The van der Waals surface area contributed by atoms with Gasteiger partial charge in [-0.3, -0.25) is 0 Å². The van der Waals surface area contributed by atoms with Gasteiger partial charge in [0.25, 0.3) is 0 Å². The molecular formula is C17H21N3. The molecule has 1 aromatic carbocycles. The number of rotatable bonds is 5. The summed E-state index contributed by atoms with van der Waals surface area (Å²) < 4.78 is 0. The van der Waals surface area contributed by atoms with E-state index in [0.717, 1.165) is 12.1 Å². The van der Waals surface area contributed by atoms with Crippen LogP contribution in [0.5, 0.6) is 0 Å². The molecule has 1 saturated carbocycles. The number of nitrogens with two attached hydrogens (primary N) is 1. The first-order valence-corrected chi connectivity index (χ1v) is 7.27. The van der Waals surface area contributed by atoms with E-state index in [1.165, 1.54) is 18.4 Å². The van der Waals surface area contributed by atoms with E-state index in [4.69, 9.17) is 5.73 Å². The molecule has 0 amide bonds. The molecule has 3 heteroatoms. The van der Waals surface area contributed by atoms with Gasteiger partial charge in [0, 0.05) is 23.2 Å². The highest BCUT2D eigenvalue weighted by Gasteiger charge is 2.51. The van der Waals surface area contributed by atoms with Crippen LogP contribution in [0.3, 0.4) is 0 Å². The van der Waals surface area contributed by atoms with Crippen LogP contribution in [0.1, 0.15) is 36.9 Å². The van der Waals surface area contributed by atoms with Crippen LogP contribution < -0.4 is 11.1 Å². The van der Waals surface area contributed by atoms with E-state index in [9.17, 15) is 0 Å². The van der Waals surface area contributed by atoms with Crippen molar-refractivity contribution in [3.63, 3.8) is 0 Å². The highest BCUT2D eigenvalue weighted by molar-refractivity contribution is 5.47. The van der Waals surface area contributed by atoms with Gasteiger partial charge >= 0.3 is 0 Å². The molecule has 0 bridgehead atoms. The van der Waals surface area contributed by atoms with E-state index in [1.807, 2.05) is 6.07 Å². The molecule has 0 saturated heterocycles. The summed E-state index contributed by atoms with van der Waals surface area (Å²) in [6.45, 7) is 3.06. The monoisotopic (exact) mass is 267 g/mol. The molecule has 1 fully saturated rings. The second kappa shape index (κ2) is 5.25. The maximum Gasteiger partial charge on any atom is 0.128 e. The summed E-state index contributed by atoms with van der Waals surface area (Å²) >= 11 is 0. The van der Waals surface area contributed by atoms with Gasteiger partial charge in [-0.1, -0.05) is 43.3 Å². The van der Waals surface area contributed by atoms with Crippen LogP contribution in [0.25, 0.3) is 0 Å². The van der Waals surface area contributed by atoms with Gasteiger partial charge in [-0.2, -0.15) is 0 Å². The first-order chi connectivity index (χ1) is 9.78. The van der Waals surface area contributed by atoms with Crippen molar-refractivity contribution in [1.29, 1.82) is 0 Å². The second-order valence-electron chi connectivity index (χ2n) is 5.49. The van der Waals surface area contributed by atoms with Gasteiger partial charge in [-0.25, -0.2) is 4.98 Å². The van der Waals surface area contributed by atoms with E-state index in [-0.39, 0.29) is 11.5 Å². The second-order valence-corrected chi connectivity index (χ2v) is 5.49. The van der Waals surface area contributed by atoms with E-state index < -0.39 is 0 Å². The van der Waals surface area contributed by atoms with Crippen LogP contribution in [0, 0.1) is 0 Å². The van der Waals surface area contributed by atoms with Crippen LogP contribution in [0.4, 0.5) is 5.82 Å². The van der Waals surface area contributed by atoms with Crippen molar-refractivity contribution < 1.29 is 0 Å². The fourth-order valence-corrected chi connectivity index (χ4v) is 3.13. The number of nitrogens with one attached hydrogen (secondary N) is 1. The van der Waals surface area contributed by atoms with Crippen molar-refractivity contribution in [3.05, 3.63) is 59.8 Å². The molecule has 0 radical (unpaired) electrons. The predicted molar refractivity (Wildman–Crippen MR) is 82.4 cm³/mol. The van der Waals surface area contributed by atoms with Crippen LogP contribution in [-0.4, -0.2) is 11.5 Å². The van der Waals surface area contributed by atoms with Crippen LogP contribution >= 0.6 is 0 Å². The lowest BCUT2D eigenvalue weighted by molar-refractivity contribution is 0.440. The number of benzene rings is 1. The smallest absolute Gasteiger partial charge is 0.128 e. The molecule has 2 aromatic rings. The molecule has 3 N–H and O–H groups in total. The highest BCUT2D eigenvalue weighted by atomic mass is 15.0. The first kappa shape index (κ1) is 13.1. The first-order valence-electron chi connectivity index (χ1n) is 7.27. The van der Waals surface area contributed by atoms with Gasteiger partial charge in [0.2, 0.25) is 0 Å². The summed E-state index contributed by atoms with van der Waals surface area (Å²) in [6, 6.07) is 15.1. The number of hydrogen-bond donors (Lipinski definition) is 2. The summed E-state index contributed by atoms with van der Waals surface area (Å²) in [4.78, 5) is 4.26. The zero-order valence-corrected chi connectivity index (χ0v) is 11.8. The predicted octanol–water partition coefficient (Wildman–Crippen LogP) is 3.05. The third-order valence-electron chi connectivity index (χ3n) is 4.28. The van der Waals surface area contributed by atoms with E-state index in [1.54, 1.807) is 6.20 Å². The standard InChI is InChI=1S/C17H21N3/c1-2-19-15(14-9-6-12-20-16(14)18)17(10-11-17)13-7-4-3-5-8-13/h3-9,12,15,19H,2,10-11H2,1H3,(H2,18,20). The molecule has 0 aliphatic heterocycles. The number of anilines is 1. The Hall–Kier alpha value is -1.87. The van der Waals surface area contributed by atoms with Crippen molar-refractivity contribution >= 4 is 5.82 Å². The van der Waals surface area contributed by atoms with Crippen LogP contribution in [-0.2, 0) is 5.41 Å². The summed E-state index contributed by atoms with van der Waals surface area (Å²) in [6.07, 6.45) is 4.15. The van der Waals surface area contributed by atoms with Crippen molar-refractivity contribution in [3.8, 4) is 0 Å². The lowest BCUT2D eigenvalue weighted by Crippen LogP contribution is -2.33. The molecule has 0 spiro atoms. The minimum absolute atomic E-state index is 0.175. The SMILES string of the molecule is CCNC(c1cccnc1N)C1(c2ccccc2)CC1. The zero-order valence-electron chi connectivity index (χ0n) is 11.8. The third-order valence-corrected chi connectivity index (χ3v) is 4.28. The lowest BCUT2D eigenvalue weighted by Gasteiger charge is -2.29. The molecule has 1 heterocycles. The molecule has 1 aromatic heterocycles. The minimum atomic E-state index is 0.175. The summed E-state index contributed by atoms with van der Waals surface area (Å²) in [7, 11) is 0. The average molecular weight is 267 g/mol. The van der Waals surface area contributed by atoms with E-state index in [0.29, 0.717) is 5.82 Å². The normalized spacial score (nSPS) is 17.6. The lowest BCUT2D eigenvalue weighted by atomic mass is 9.84. The molecular weight excluding hydrogens is 246 g/mol. The fourth-order valence-electron chi connectivity index (χ4n) is 3.13. The van der Waals surface area contributed by atoms with Crippen molar-refractivity contribution in [2.45, 2.75) is 31.2 Å². The Kier molecular flexibility index (Phi) is 3.45. The number of hydrogen-bond acceptors (Lipinski definition) is 3. The van der Waals surface area contributed by atoms with Gasteiger partial charge in [0.05, 0.1) is 0 Å². The van der Waals surface area contributed by atoms with Gasteiger partial charge in [0.1, 0.15) is 5.82 Å². The van der Waals surface area contributed by atoms with Gasteiger partial charge < -0.3 is 11.1 Å². The Labute approximate surface area is 120 Å². The number of pyridine rings is 1. The summed E-state index contributed by atoms with van der Waals surface area (Å²) in [5, 5.41) is 3.62. The van der Waals surface area contributed by atoms with Crippen molar-refractivity contribution in [2.75, 3.05) is 12.3 Å². The fraction of sp³-hybridized carbons (Fsp3) is 0.353. The molecule has 20 heavy (non-hydrogen) atoms. The zero-order chi connectivity index (χ0) is 14.0. The minimum Gasteiger partial charge on any atom is -0.383 e. The molecule has 1 unspecified atom stereocenters. The van der Waals surface area contributed by atoms with Gasteiger partial charge in [0.15, 0.2) is 0 Å². The Morgan fingerprint density at radius 2 is 1.95 bits per heavy atom. The number of aromatic nitrogens is 1. The van der Waals surface area contributed by atoms with Crippen molar-refractivity contribution in [1.82, 2.24) is 10.3 Å². The average Bonchev–Trinajstić information content (AvgIpc) is 3.28. The maximum atomic E-state index is 6.10. The molecule has 1 atom stereocenters. The highest BCUT2D eigenvalue weighted by Crippen LogP contribution is 2.56. The molecule has 1 aliphatic rings. The summed E-state index contributed by atoms with van der Waals surface area (Å²) in [5.41, 5.74) is 8.80. The molecule has 3 nitrogen and oxygen atoms in total. The number of nitrogen functional groups attached to an aromatic ring is 1. The quantitative estimate of drug-likeness (QED) is 0.875. The number of likely N-dealkylation sites (N-methyl/N-ethyl adjacent to an activating group) is 1. The van der Waals surface area contributed by atoms with Gasteiger partial charge in [-0.05, 0) is 31.0 Å². The summed E-state index contributed by atoms with van der Waals surface area (Å²) in [5.74, 6) is 0.639. The van der Waals surface area contributed by atoms with Crippen molar-refractivity contribution in [2.24, 2.45) is 0 Å². The van der Waals surface area contributed by atoms with E-state index in [2.05, 4.69) is 53.6 Å². The molecule has 3 rings (SSSR count). The van der Waals surface area contributed by atoms with Crippen LogP contribution in [0.2, 0.25) is 0 Å². The Morgan fingerprint density at radius 1 is 1.20 bits per heavy atom. The van der Waals surface area contributed by atoms with E-state index >= 15 is 0 Å². The third kappa shape index (κ3) is 2.18. The Balaban J connectivity index is 2.02. The van der Waals surface area contributed by atoms with Gasteiger partial charge in [-0.15, -0.1) is 0 Å². The maximum absolute atomic E-state index is 6.10. The topological polar surface area (TPSA) is 50.9 Å².